The Hall–Kier alpha value is -2.56. The summed E-state index contributed by atoms with van der Waals surface area (Å²) in [7, 11) is 1.90. The summed E-state index contributed by atoms with van der Waals surface area (Å²) in [5.74, 6) is 0.839. The highest BCUT2D eigenvalue weighted by Crippen LogP contribution is 2.28. The lowest BCUT2D eigenvalue weighted by molar-refractivity contribution is 0.134. The molecule has 0 radical (unpaired) electrons. The summed E-state index contributed by atoms with van der Waals surface area (Å²) < 4.78 is 6.13. The van der Waals surface area contributed by atoms with E-state index in [0.717, 1.165) is 22.6 Å². The largest absolute Gasteiger partial charge is 0.488 e. The average Bonchev–Trinajstić information content (AvgIpc) is 3.19. The Labute approximate surface area is 159 Å². The lowest BCUT2D eigenvalue weighted by Gasteiger charge is -2.19. The average molecular weight is 365 g/mol. The van der Waals surface area contributed by atoms with Gasteiger partial charge in [0.2, 0.25) is 0 Å². The smallest absolute Gasteiger partial charge is 0.129 e. The molecular formula is C22H23NO2S. The van der Waals surface area contributed by atoms with Gasteiger partial charge in [0.1, 0.15) is 12.4 Å². The molecule has 0 aliphatic rings. The predicted molar refractivity (Wildman–Crippen MR) is 110 cm³/mol. The van der Waals surface area contributed by atoms with Crippen molar-refractivity contribution in [3.63, 3.8) is 0 Å². The first kappa shape index (κ1) is 18.2. The number of rotatable bonds is 8. The summed E-state index contributed by atoms with van der Waals surface area (Å²) in [4.78, 5) is 6.78. The quantitative estimate of drug-likeness (QED) is 0.465. The molecule has 0 aliphatic heterocycles. The fourth-order valence-corrected chi connectivity index (χ4v) is 3.16. The van der Waals surface area contributed by atoms with E-state index in [1.807, 2.05) is 44.3 Å². The van der Waals surface area contributed by atoms with Gasteiger partial charge in [0.25, 0.3) is 0 Å². The molecule has 0 atom stereocenters. The van der Waals surface area contributed by atoms with Crippen molar-refractivity contribution in [3.05, 3.63) is 82.0 Å². The summed E-state index contributed by atoms with van der Waals surface area (Å²) in [5.41, 5.74) is 3.15. The number of thiophene rings is 1. The van der Waals surface area contributed by atoms with Gasteiger partial charge in [0.05, 0.1) is 12.3 Å². The third-order valence-electron chi connectivity index (χ3n) is 3.89. The van der Waals surface area contributed by atoms with E-state index in [1.54, 1.807) is 16.4 Å². The normalized spacial score (nSPS) is 11.0. The zero-order chi connectivity index (χ0) is 18.2. The maximum absolute atomic E-state index is 6.13. The van der Waals surface area contributed by atoms with E-state index >= 15 is 0 Å². The van der Waals surface area contributed by atoms with Crippen LogP contribution in [0, 0.1) is 0 Å². The summed E-state index contributed by atoms with van der Waals surface area (Å²) in [6.45, 7) is 3.13. The molecule has 0 saturated heterocycles. The zero-order valence-electron chi connectivity index (χ0n) is 15.1. The second-order valence-electron chi connectivity index (χ2n) is 5.76. The minimum atomic E-state index is 0.530. The van der Waals surface area contributed by atoms with Gasteiger partial charge < -0.3 is 4.74 Å². The molecule has 4 heteroatoms. The lowest BCUT2D eigenvalue weighted by Crippen LogP contribution is -2.17. The van der Waals surface area contributed by atoms with E-state index in [2.05, 4.69) is 47.9 Å². The van der Waals surface area contributed by atoms with E-state index in [1.165, 1.54) is 4.88 Å². The van der Waals surface area contributed by atoms with Crippen molar-refractivity contribution < 1.29 is 9.57 Å². The van der Waals surface area contributed by atoms with Crippen LogP contribution in [0.2, 0.25) is 0 Å². The molecule has 0 N–H and O–H groups in total. The van der Waals surface area contributed by atoms with Crippen LogP contribution in [-0.4, -0.2) is 13.7 Å². The van der Waals surface area contributed by atoms with E-state index in [0.29, 0.717) is 13.2 Å². The summed E-state index contributed by atoms with van der Waals surface area (Å²) >= 11 is 1.72. The van der Waals surface area contributed by atoms with Gasteiger partial charge in [-0.15, -0.1) is 11.3 Å². The van der Waals surface area contributed by atoms with Gasteiger partial charge >= 0.3 is 0 Å². The topological polar surface area (TPSA) is 21.7 Å². The second kappa shape index (κ2) is 9.22. The van der Waals surface area contributed by atoms with E-state index < -0.39 is 0 Å². The monoisotopic (exact) mass is 365 g/mol. The summed E-state index contributed by atoms with van der Waals surface area (Å²) in [6, 6.07) is 20.5. The van der Waals surface area contributed by atoms with E-state index in [-0.39, 0.29) is 0 Å². The molecule has 0 unspecified atom stereocenters. The Morgan fingerprint density at radius 1 is 1.00 bits per heavy atom. The molecule has 0 fully saturated rings. The molecule has 26 heavy (non-hydrogen) atoms. The number of hydrogen-bond acceptors (Lipinski definition) is 4. The molecule has 3 aromatic rings. The minimum absolute atomic E-state index is 0.530. The van der Waals surface area contributed by atoms with E-state index in [9.17, 15) is 0 Å². The van der Waals surface area contributed by atoms with Crippen LogP contribution >= 0.6 is 11.3 Å². The van der Waals surface area contributed by atoms with Gasteiger partial charge in [0.15, 0.2) is 0 Å². The molecule has 0 aliphatic carbocycles. The first-order chi connectivity index (χ1) is 12.8. The van der Waals surface area contributed by atoms with Gasteiger partial charge in [-0.3, -0.25) is 9.90 Å². The minimum Gasteiger partial charge on any atom is -0.488 e. The Morgan fingerprint density at radius 3 is 2.58 bits per heavy atom. The molecule has 0 amide bonds. The van der Waals surface area contributed by atoms with Crippen molar-refractivity contribution in [1.29, 1.82) is 0 Å². The van der Waals surface area contributed by atoms with Crippen LogP contribution in [-0.2, 0) is 11.4 Å². The lowest BCUT2D eigenvalue weighted by atomic mass is 10.1. The van der Waals surface area contributed by atoms with Crippen LogP contribution in [0.25, 0.3) is 12.2 Å². The standard InChI is InChI=1S/C22H23NO2S/c1-3-25-23(2)20-13-11-19(12-14-21-10-7-15-26-21)22(16-20)24-17-18-8-5-4-6-9-18/h4-16H,3,17H2,1-2H3. The fourth-order valence-electron chi connectivity index (χ4n) is 2.54. The molecule has 0 spiro atoms. The third kappa shape index (κ3) is 4.97. The molecule has 1 aromatic heterocycles. The highest BCUT2D eigenvalue weighted by atomic mass is 32.1. The van der Waals surface area contributed by atoms with Crippen molar-refractivity contribution in [2.24, 2.45) is 0 Å². The number of ether oxygens (including phenoxy) is 1. The zero-order valence-corrected chi connectivity index (χ0v) is 15.9. The molecule has 3 nitrogen and oxygen atoms in total. The third-order valence-corrected chi connectivity index (χ3v) is 4.73. The fraction of sp³-hybridized carbons (Fsp3) is 0.182. The number of hydroxylamine groups is 1. The molecule has 1 heterocycles. The Morgan fingerprint density at radius 2 is 1.85 bits per heavy atom. The first-order valence-corrected chi connectivity index (χ1v) is 9.53. The van der Waals surface area contributed by atoms with Crippen molar-refractivity contribution in [3.8, 4) is 5.75 Å². The van der Waals surface area contributed by atoms with Crippen molar-refractivity contribution in [2.45, 2.75) is 13.5 Å². The molecule has 3 rings (SSSR count). The molecule has 0 saturated carbocycles. The number of hydrogen-bond donors (Lipinski definition) is 0. The van der Waals surface area contributed by atoms with Gasteiger partial charge in [-0.25, -0.2) is 0 Å². The van der Waals surface area contributed by atoms with Crippen molar-refractivity contribution >= 4 is 29.2 Å². The Bertz CT molecular complexity index is 829. The van der Waals surface area contributed by atoms with Crippen molar-refractivity contribution in [2.75, 3.05) is 18.7 Å². The highest BCUT2D eigenvalue weighted by Gasteiger charge is 2.08. The van der Waals surface area contributed by atoms with E-state index in [4.69, 9.17) is 9.57 Å². The van der Waals surface area contributed by atoms with Crippen LogP contribution < -0.4 is 9.80 Å². The summed E-state index contributed by atoms with van der Waals surface area (Å²) in [6.07, 6.45) is 4.21. The molecule has 2 aromatic carbocycles. The Kier molecular flexibility index (Phi) is 6.47. The number of nitrogens with zero attached hydrogens (tertiary/aromatic N) is 1. The highest BCUT2D eigenvalue weighted by molar-refractivity contribution is 7.10. The van der Waals surface area contributed by atoms with Crippen LogP contribution in [0.4, 0.5) is 5.69 Å². The first-order valence-electron chi connectivity index (χ1n) is 8.65. The van der Waals surface area contributed by atoms with Gasteiger partial charge in [-0.05, 0) is 48.2 Å². The van der Waals surface area contributed by atoms with Crippen LogP contribution in [0.5, 0.6) is 5.75 Å². The van der Waals surface area contributed by atoms with Gasteiger partial charge in [0, 0.05) is 23.6 Å². The van der Waals surface area contributed by atoms with Crippen molar-refractivity contribution in [1.82, 2.24) is 0 Å². The van der Waals surface area contributed by atoms with Crippen LogP contribution in [0.15, 0.2) is 66.0 Å². The molecule has 0 bridgehead atoms. The maximum Gasteiger partial charge on any atom is 0.129 e. The predicted octanol–water partition coefficient (Wildman–Crippen LogP) is 5.89. The SMILES string of the molecule is CCON(C)c1ccc(C=Cc2cccs2)c(OCc2ccccc2)c1. The van der Waals surface area contributed by atoms with Crippen LogP contribution in [0.3, 0.4) is 0 Å². The second-order valence-corrected chi connectivity index (χ2v) is 6.74. The molecular weight excluding hydrogens is 342 g/mol. The van der Waals surface area contributed by atoms with Gasteiger partial charge in [-0.1, -0.05) is 36.4 Å². The maximum atomic E-state index is 6.13. The molecule has 134 valence electrons. The van der Waals surface area contributed by atoms with Gasteiger partial charge in [-0.2, -0.15) is 0 Å². The Balaban J connectivity index is 1.84. The number of anilines is 1. The van der Waals surface area contributed by atoms with Crippen LogP contribution in [0.1, 0.15) is 22.9 Å². The number of benzene rings is 2. The summed E-state index contributed by atoms with van der Waals surface area (Å²) in [5, 5.41) is 3.84.